The van der Waals surface area contributed by atoms with E-state index in [9.17, 15) is 5.11 Å². The monoisotopic (exact) mass is 274 g/mol. The maximum absolute atomic E-state index is 10.2. The molecule has 2 saturated heterocycles. The Morgan fingerprint density at radius 1 is 1.25 bits per heavy atom. The van der Waals surface area contributed by atoms with Gasteiger partial charge in [-0.1, -0.05) is 24.6 Å². The van der Waals surface area contributed by atoms with Crippen LogP contribution in [0.1, 0.15) is 37.3 Å². The highest BCUT2D eigenvalue weighted by Crippen LogP contribution is 2.28. The van der Waals surface area contributed by atoms with Gasteiger partial charge in [-0.2, -0.15) is 0 Å². The molecule has 110 valence electrons. The Morgan fingerprint density at radius 2 is 2.10 bits per heavy atom. The number of phenols is 1. The fraction of sp³-hybridized carbons (Fsp3) is 0.647. The van der Waals surface area contributed by atoms with Gasteiger partial charge in [0.05, 0.1) is 0 Å². The molecule has 3 rings (SSSR count). The number of phenolic OH excluding ortho intramolecular Hbond substituents is 1. The Hall–Kier alpha value is -1.06. The Balaban J connectivity index is 1.72. The second kappa shape index (κ2) is 5.74. The highest BCUT2D eigenvalue weighted by molar-refractivity contribution is 5.39. The van der Waals surface area contributed by atoms with E-state index in [1.807, 2.05) is 19.1 Å². The van der Waals surface area contributed by atoms with E-state index >= 15 is 0 Å². The van der Waals surface area contributed by atoms with Gasteiger partial charge >= 0.3 is 0 Å². The quantitative estimate of drug-likeness (QED) is 0.898. The lowest BCUT2D eigenvalue weighted by Gasteiger charge is -2.47. The molecule has 1 aromatic rings. The van der Waals surface area contributed by atoms with E-state index in [1.54, 1.807) is 0 Å². The molecule has 3 heteroatoms. The maximum Gasteiger partial charge on any atom is 0.122 e. The van der Waals surface area contributed by atoms with Gasteiger partial charge in [0.1, 0.15) is 5.75 Å². The number of benzene rings is 1. The number of piperidine rings is 1. The van der Waals surface area contributed by atoms with Crippen LogP contribution >= 0.6 is 0 Å². The molecule has 0 aliphatic carbocycles. The van der Waals surface area contributed by atoms with E-state index < -0.39 is 0 Å². The van der Waals surface area contributed by atoms with Crippen molar-refractivity contribution >= 4 is 0 Å². The number of hydrogen-bond donors (Lipinski definition) is 1. The molecule has 0 bridgehead atoms. The largest absolute Gasteiger partial charge is 0.507 e. The molecular weight excluding hydrogens is 248 g/mol. The molecule has 0 radical (unpaired) electrons. The Morgan fingerprint density at radius 3 is 2.95 bits per heavy atom. The first-order valence-corrected chi connectivity index (χ1v) is 7.90. The van der Waals surface area contributed by atoms with E-state index in [4.69, 9.17) is 0 Å². The predicted octanol–water partition coefficient (Wildman–Crippen LogP) is 2.76. The molecule has 0 saturated carbocycles. The van der Waals surface area contributed by atoms with Crippen LogP contribution < -0.4 is 0 Å². The highest BCUT2D eigenvalue weighted by Gasteiger charge is 2.32. The predicted molar refractivity (Wildman–Crippen MR) is 81.9 cm³/mol. The smallest absolute Gasteiger partial charge is 0.122 e. The number of fused-ring (bicyclic) bond motifs is 1. The fourth-order valence-electron chi connectivity index (χ4n) is 3.70. The molecule has 3 nitrogen and oxygen atoms in total. The summed E-state index contributed by atoms with van der Waals surface area (Å²) in [5.41, 5.74) is 2.05. The standard InChI is InChI=1S/C17H26N2O/c1-13-6-5-7-15(17(13)20)11-19-12-16-8-3-4-9-18(16)10-14(19)2/h5-7,14,16,20H,3-4,8-12H2,1-2H3. The number of piperazine rings is 1. The first kappa shape index (κ1) is 13.9. The summed E-state index contributed by atoms with van der Waals surface area (Å²) >= 11 is 0. The van der Waals surface area contributed by atoms with Crippen LogP contribution in [0, 0.1) is 6.92 Å². The summed E-state index contributed by atoms with van der Waals surface area (Å²) in [7, 11) is 0. The van der Waals surface area contributed by atoms with Gasteiger partial charge in [-0.25, -0.2) is 0 Å². The van der Waals surface area contributed by atoms with Crippen molar-refractivity contribution < 1.29 is 5.11 Å². The van der Waals surface area contributed by atoms with Gasteiger partial charge in [0, 0.05) is 37.3 Å². The van der Waals surface area contributed by atoms with Crippen LogP contribution in [0.3, 0.4) is 0 Å². The zero-order chi connectivity index (χ0) is 14.1. The van der Waals surface area contributed by atoms with Crippen LogP contribution in [-0.2, 0) is 6.54 Å². The number of nitrogens with zero attached hydrogens (tertiary/aromatic N) is 2. The molecular formula is C17H26N2O. The van der Waals surface area contributed by atoms with Gasteiger partial charge in [0.25, 0.3) is 0 Å². The summed E-state index contributed by atoms with van der Waals surface area (Å²) in [6.45, 7) is 8.77. The number of aromatic hydroxyl groups is 1. The summed E-state index contributed by atoms with van der Waals surface area (Å²) < 4.78 is 0. The maximum atomic E-state index is 10.2. The zero-order valence-corrected chi connectivity index (χ0v) is 12.7. The van der Waals surface area contributed by atoms with Crippen molar-refractivity contribution in [3.63, 3.8) is 0 Å². The van der Waals surface area contributed by atoms with Gasteiger partial charge in [-0.15, -0.1) is 0 Å². The van der Waals surface area contributed by atoms with E-state index in [2.05, 4.69) is 22.8 Å². The molecule has 2 heterocycles. The van der Waals surface area contributed by atoms with E-state index in [1.165, 1.54) is 32.4 Å². The zero-order valence-electron chi connectivity index (χ0n) is 12.7. The van der Waals surface area contributed by atoms with Crippen molar-refractivity contribution in [3.8, 4) is 5.75 Å². The Kier molecular flexibility index (Phi) is 3.99. The number of rotatable bonds is 2. The fourth-order valence-corrected chi connectivity index (χ4v) is 3.70. The van der Waals surface area contributed by atoms with Crippen molar-refractivity contribution in [2.75, 3.05) is 19.6 Å². The number of hydrogen-bond acceptors (Lipinski definition) is 3. The third-order valence-electron chi connectivity index (χ3n) is 5.01. The normalized spacial score (nSPS) is 28.3. The topological polar surface area (TPSA) is 26.7 Å². The first-order valence-electron chi connectivity index (χ1n) is 7.90. The summed E-state index contributed by atoms with van der Waals surface area (Å²) in [4.78, 5) is 5.21. The minimum atomic E-state index is 0.478. The third-order valence-corrected chi connectivity index (χ3v) is 5.01. The van der Waals surface area contributed by atoms with Crippen molar-refractivity contribution in [1.82, 2.24) is 9.80 Å². The molecule has 2 atom stereocenters. The third kappa shape index (κ3) is 2.70. The molecule has 20 heavy (non-hydrogen) atoms. The molecule has 0 spiro atoms. The van der Waals surface area contributed by atoms with Crippen LogP contribution in [0.15, 0.2) is 18.2 Å². The molecule has 2 aliphatic heterocycles. The molecule has 2 unspecified atom stereocenters. The van der Waals surface area contributed by atoms with Crippen molar-refractivity contribution in [2.45, 2.75) is 51.7 Å². The molecule has 0 aromatic heterocycles. The SMILES string of the molecule is Cc1cccc(CN2CC3CCCCN3CC2C)c1O. The van der Waals surface area contributed by atoms with Gasteiger partial charge in [-0.3, -0.25) is 9.80 Å². The molecule has 2 aliphatic rings. The summed E-state index contributed by atoms with van der Waals surface area (Å²) in [5, 5.41) is 10.2. The van der Waals surface area contributed by atoms with Gasteiger partial charge in [0.2, 0.25) is 0 Å². The number of aryl methyl sites for hydroxylation is 1. The van der Waals surface area contributed by atoms with Crippen LogP contribution in [0.4, 0.5) is 0 Å². The average molecular weight is 274 g/mol. The first-order chi connectivity index (χ1) is 9.65. The minimum absolute atomic E-state index is 0.478. The van der Waals surface area contributed by atoms with Gasteiger partial charge < -0.3 is 5.11 Å². The van der Waals surface area contributed by atoms with Crippen LogP contribution in [0.25, 0.3) is 0 Å². The van der Waals surface area contributed by atoms with E-state index in [0.29, 0.717) is 11.8 Å². The second-order valence-corrected chi connectivity index (χ2v) is 6.51. The van der Waals surface area contributed by atoms with E-state index in [-0.39, 0.29) is 0 Å². The van der Waals surface area contributed by atoms with E-state index in [0.717, 1.165) is 30.3 Å². The lowest BCUT2D eigenvalue weighted by molar-refractivity contribution is 0.0108. The van der Waals surface area contributed by atoms with Crippen molar-refractivity contribution in [2.24, 2.45) is 0 Å². The Bertz CT molecular complexity index is 474. The van der Waals surface area contributed by atoms with Crippen molar-refractivity contribution in [1.29, 1.82) is 0 Å². The molecule has 2 fully saturated rings. The van der Waals surface area contributed by atoms with Gasteiger partial charge in [0.15, 0.2) is 0 Å². The van der Waals surface area contributed by atoms with Gasteiger partial charge in [-0.05, 0) is 38.8 Å². The number of para-hydroxylation sites is 1. The minimum Gasteiger partial charge on any atom is -0.507 e. The van der Waals surface area contributed by atoms with Crippen molar-refractivity contribution in [3.05, 3.63) is 29.3 Å². The van der Waals surface area contributed by atoms with Crippen LogP contribution in [0.2, 0.25) is 0 Å². The highest BCUT2D eigenvalue weighted by atomic mass is 16.3. The summed E-state index contributed by atoms with van der Waals surface area (Å²) in [5.74, 6) is 0.478. The van der Waals surface area contributed by atoms with Crippen LogP contribution in [0.5, 0.6) is 5.75 Å². The average Bonchev–Trinajstić information content (AvgIpc) is 2.44. The molecule has 1 aromatic carbocycles. The second-order valence-electron chi connectivity index (χ2n) is 6.51. The lowest BCUT2D eigenvalue weighted by Crippen LogP contribution is -2.58. The lowest BCUT2D eigenvalue weighted by atomic mass is 9.96. The summed E-state index contributed by atoms with van der Waals surface area (Å²) in [6.07, 6.45) is 4.07. The molecule has 0 amide bonds. The summed E-state index contributed by atoms with van der Waals surface area (Å²) in [6, 6.07) is 7.38. The molecule has 1 N–H and O–H groups in total. The van der Waals surface area contributed by atoms with Crippen LogP contribution in [-0.4, -0.2) is 46.6 Å². The Labute approximate surface area is 122 Å².